The lowest BCUT2D eigenvalue weighted by molar-refractivity contribution is -0.115. The van der Waals surface area contributed by atoms with Crippen molar-refractivity contribution in [2.75, 3.05) is 29.4 Å². The van der Waals surface area contributed by atoms with Crippen LogP contribution in [0.2, 0.25) is 0 Å². The maximum atomic E-state index is 11.3. The van der Waals surface area contributed by atoms with E-state index < -0.39 is 10.0 Å². The zero-order chi connectivity index (χ0) is 13.6. The minimum absolute atomic E-state index is 0. The smallest absolute Gasteiger partial charge is 0.238 e. The number of nitrogens with one attached hydrogen (secondary N) is 3. The average Bonchev–Trinajstić information content (AvgIpc) is 2.32. The van der Waals surface area contributed by atoms with Gasteiger partial charge in [0.15, 0.2) is 0 Å². The number of carbonyl (C=O) groups excluding carboxylic acids is 1. The van der Waals surface area contributed by atoms with E-state index in [1.54, 1.807) is 38.2 Å². The maximum absolute atomic E-state index is 11.3. The van der Waals surface area contributed by atoms with Crippen LogP contribution >= 0.6 is 12.4 Å². The van der Waals surface area contributed by atoms with Crippen molar-refractivity contribution in [2.24, 2.45) is 0 Å². The largest absolute Gasteiger partial charge is 0.325 e. The minimum atomic E-state index is -3.26. The Hall–Kier alpha value is -1.31. The topological polar surface area (TPSA) is 87.3 Å². The molecule has 1 amide bonds. The predicted molar refractivity (Wildman–Crippen MR) is 79.3 cm³/mol. The molecule has 19 heavy (non-hydrogen) atoms. The van der Waals surface area contributed by atoms with Crippen molar-refractivity contribution in [3.63, 3.8) is 0 Å². The van der Waals surface area contributed by atoms with E-state index in [4.69, 9.17) is 0 Å². The number of halogens is 1. The molecule has 6 nitrogen and oxygen atoms in total. The van der Waals surface area contributed by atoms with Gasteiger partial charge in [-0.2, -0.15) is 0 Å². The van der Waals surface area contributed by atoms with Crippen LogP contribution in [-0.4, -0.2) is 33.7 Å². The van der Waals surface area contributed by atoms with Crippen LogP contribution in [0.1, 0.15) is 6.92 Å². The van der Waals surface area contributed by atoms with E-state index in [1.807, 2.05) is 0 Å². The monoisotopic (exact) mass is 307 g/mol. The van der Waals surface area contributed by atoms with Crippen LogP contribution in [0.3, 0.4) is 0 Å². The van der Waals surface area contributed by atoms with Crippen LogP contribution in [0.4, 0.5) is 11.4 Å². The number of benzene rings is 1. The molecule has 0 saturated heterocycles. The van der Waals surface area contributed by atoms with Gasteiger partial charge in [0.05, 0.1) is 12.3 Å². The van der Waals surface area contributed by atoms with Crippen molar-refractivity contribution in [2.45, 2.75) is 6.92 Å². The minimum Gasteiger partial charge on any atom is -0.325 e. The van der Waals surface area contributed by atoms with Crippen LogP contribution in [0.25, 0.3) is 0 Å². The summed E-state index contributed by atoms with van der Waals surface area (Å²) in [6.45, 7) is 1.79. The highest BCUT2D eigenvalue weighted by Gasteiger charge is 2.06. The first-order chi connectivity index (χ1) is 8.46. The Morgan fingerprint density at radius 3 is 2.16 bits per heavy atom. The van der Waals surface area contributed by atoms with Crippen LogP contribution in [0.5, 0.6) is 0 Å². The zero-order valence-electron chi connectivity index (χ0n) is 10.8. The first-order valence-corrected chi connectivity index (χ1v) is 7.17. The molecule has 0 saturated carbocycles. The van der Waals surface area contributed by atoms with Gasteiger partial charge < -0.3 is 10.6 Å². The second-order valence-corrected chi connectivity index (χ2v) is 5.67. The van der Waals surface area contributed by atoms with E-state index in [-0.39, 0.29) is 30.6 Å². The summed E-state index contributed by atoms with van der Waals surface area (Å²) in [7, 11) is -1.58. The number of anilines is 2. The molecule has 1 aromatic rings. The Morgan fingerprint density at radius 2 is 1.68 bits per heavy atom. The molecule has 0 heterocycles. The molecule has 108 valence electrons. The quantitative estimate of drug-likeness (QED) is 0.732. The number of carbonyl (C=O) groups is 1. The van der Waals surface area contributed by atoms with Crippen molar-refractivity contribution >= 4 is 39.7 Å². The SMILES string of the molecule is CCS(=O)(=O)Nc1ccc(NC(=O)CNC)cc1.Cl. The number of hydrogen-bond donors (Lipinski definition) is 3. The van der Waals surface area contributed by atoms with E-state index in [0.717, 1.165) is 0 Å². The molecule has 0 radical (unpaired) electrons. The van der Waals surface area contributed by atoms with E-state index in [2.05, 4.69) is 15.4 Å². The van der Waals surface area contributed by atoms with Gasteiger partial charge in [0.25, 0.3) is 0 Å². The molecule has 0 bridgehead atoms. The summed E-state index contributed by atoms with van der Waals surface area (Å²) in [6.07, 6.45) is 0. The fourth-order valence-electron chi connectivity index (χ4n) is 1.24. The lowest BCUT2D eigenvalue weighted by Crippen LogP contribution is -2.25. The molecule has 0 fully saturated rings. The Kier molecular flexibility index (Phi) is 7.43. The summed E-state index contributed by atoms with van der Waals surface area (Å²) < 4.78 is 25.1. The number of hydrogen-bond acceptors (Lipinski definition) is 4. The molecular formula is C11H18ClN3O3S. The van der Waals surface area contributed by atoms with Gasteiger partial charge in [0, 0.05) is 11.4 Å². The Labute approximate surface area is 119 Å². The van der Waals surface area contributed by atoms with Gasteiger partial charge in [-0.1, -0.05) is 0 Å². The highest BCUT2D eigenvalue weighted by molar-refractivity contribution is 7.92. The van der Waals surface area contributed by atoms with Crippen molar-refractivity contribution in [3.05, 3.63) is 24.3 Å². The van der Waals surface area contributed by atoms with E-state index in [0.29, 0.717) is 11.4 Å². The lowest BCUT2D eigenvalue weighted by atomic mass is 10.3. The normalized spacial score (nSPS) is 10.4. The highest BCUT2D eigenvalue weighted by atomic mass is 35.5. The van der Waals surface area contributed by atoms with Gasteiger partial charge in [0.1, 0.15) is 0 Å². The van der Waals surface area contributed by atoms with Gasteiger partial charge in [-0.25, -0.2) is 8.42 Å². The molecule has 8 heteroatoms. The summed E-state index contributed by atoms with van der Waals surface area (Å²) in [5, 5.41) is 5.40. The molecule has 0 aromatic heterocycles. The van der Waals surface area contributed by atoms with Gasteiger partial charge in [-0.3, -0.25) is 9.52 Å². The summed E-state index contributed by atoms with van der Waals surface area (Å²) in [5.41, 5.74) is 1.10. The van der Waals surface area contributed by atoms with Crippen LogP contribution in [0, 0.1) is 0 Å². The average molecular weight is 308 g/mol. The number of likely N-dealkylation sites (N-methyl/N-ethyl adjacent to an activating group) is 1. The first kappa shape index (κ1) is 17.7. The summed E-state index contributed by atoms with van der Waals surface area (Å²) >= 11 is 0. The number of amides is 1. The standard InChI is InChI=1S/C11H17N3O3S.ClH/c1-3-18(16,17)14-10-6-4-9(5-7-10)13-11(15)8-12-2;/h4-7,12,14H,3,8H2,1-2H3,(H,13,15);1H. The third kappa shape index (κ3) is 6.42. The van der Waals surface area contributed by atoms with E-state index in [9.17, 15) is 13.2 Å². The van der Waals surface area contributed by atoms with Gasteiger partial charge in [-0.15, -0.1) is 12.4 Å². The fourth-order valence-corrected chi connectivity index (χ4v) is 1.88. The van der Waals surface area contributed by atoms with Crippen molar-refractivity contribution < 1.29 is 13.2 Å². The summed E-state index contributed by atoms with van der Waals surface area (Å²) in [6, 6.07) is 6.48. The Morgan fingerprint density at radius 1 is 1.16 bits per heavy atom. The Balaban J connectivity index is 0.00000324. The van der Waals surface area contributed by atoms with Gasteiger partial charge in [0.2, 0.25) is 15.9 Å². The third-order valence-corrected chi connectivity index (χ3v) is 3.47. The third-order valence-electron chi connectivity index (χ3n) is 2.16. The maximum Gasteiger partial charge on any atom is 0.238 e. The lowest BCUT2D eigenvalue weighted by Gasteiger charge is -2.08. The first-order valence-electron chi connectivity index (χ1n) is 5.52. The van der Waals surface area contributed by atoms with E-state index in [1.165, 1.54) is 0 Å². The van der Waals surface area contributed by atoms with Gasteiger partial charge >= 0.3 is 0 Å². The summed E-state index contributed by atoms with van der Waals surface area (Å²) in [4.78, 5) is 11.3. The highest BCUT2D eigenvalue weighted by Crippen LogP contribution is 2.14. The molecule has 0 atom stereocenters. The van der Waals surface area contributed by atoms with Crippen LogP contribution in [0.15, 0.2) is 24.3 Å². The van der Waals surface area contributed by atoms with Crippen LogP contribution in [-0.2, 0) is 14.8 Å². The van der Waals surface area contributed by atoms with Crippen LogP contribution < -0.4 is 15.4 Å². The second kappa shape index (κ2) is 7.98. The summed E-state index contributed by atoms with van der Waals surface area (Å²) in [5.74, 6) is -0.132. The van der Waals surface area contributed by atoms with Crippen molar-refractivity contribution in [1.29, 1.82) is 0 Å². The molecule has 0 aliphatic carbocycles. The Bertz CT molecular complexity index is 502. The van der Waals surface area contributed by atoms with Crippen molar-refractivity contribution in [3.8, 4) is 0 Å². The molecular weight excluding hydrogens is 290 g/mol. The van der Waals surface area contributed by atoms with Crippen molar-refractivity contribution in [1.82, 2.24) is 5.32 Å². The zero-order valence-corrected chi connectivity index (χ0v) is 12.4. The fraction of sp³-hybridized carbons (Fsp3) is 0.364. The molecule has 0 spiro atoms. The predicted octanol–water partition coefficient (Wildman–Crippen LogP) is 1.03. The molecule has 3 N–H and O–H groups in total. The number of rotatable bonds is 6. The molecule has 1 rings (SSSR count). The molecule has 1 aromatic carbocycles. The molecule has 0 aliphatic rings. The molecule has 0 aliphatic heterocycles. The van der Waals surface area contributed by atoms with E-state index >= 15 is 0 Å². The molecule has 0 unspecified atom stereocenters. The van der Waals surface area contributed by atoms with Gasteiger partial charge in [-0.05, 0) is 38.2 Å². The second-order valence-electron chi connectivity index (χ2n) is 3.66. The number of sulfonamides is 1.